The topological polar surface area (TPSA) is 113 Å². The van der Waals surface area contributed by atoms with Gasteiger partial charge in [-0.1, -0.05) is 0 Å². The number of hydrogen-bond donors (Lipinski definition) is 4. The average Bonchev–Trinajstić information content (AvgIpc) is 2.46. The molecular weight excluding hydrogens is 272 g/mol. The summed E-state index contributed by atoms with van der Waals surface area (Å²) in [5.74, 6) is -1.78. The molecule has 0 bridgehead atoms. The van der Waals surface area contributed by atoms with E-state index in [4.69, 9.17) is 15.9 Å². The van der Waals surface area contributed by atoms with E-state index in [2.05, 4.69) is 5.32 Å². The standard InChI is InChI=1S/C15H20N2O4/c16-12-3-1-9(2-4-12)8-17-13-6-10(14(18)19)5-11(7-13)15(20)21/h5-7,9,12,17H,1-4,8,16H2,(H,18,19)(H,20,21). The molecule has 0 unspecified atom stereocenters. The van der Waals surface area contributed by atoms with Gasteiger partial charge in [0.2, 0.25) is 0 Å². The number of nitrogens with two attached hydrogens (primary N) is 1. The van der Waals surface area contributed by atoms with Crippen molar-refractivity contribution >= 4 is 17.6 Å². The third kappa shape index (κ3) is 4.19. The van der Waals surface area contributed by atoms with Gasteiger partial charge < -0.3 is 21.3 Å². The van der Waals surface area contributed by atoms with E-state index in [1.807, 2.05) is 0 Å². The molecule has 5 N–H and O–H groups in total. The molecule has 1 fully saturated rings. The fraction of sp³-hybridized carbons (Fsp3) is 0.467. The number of hydrogen-bond acceptors (Lipinski definition) is 4. The van der Waals surface area contributed by atoms with Gasteiger partial charge in [-0.15, -0.1) is 0 Å². The Labute approximate surface area is 123 Å². The molecule has 0 aliphatic heterocycles. The first kappa shape index (κ1) is 15.3. The van der Waals surface area contributed by atoms with Gasteiger partial charge in [-0.25, -0.2) is 9.59 Å². The summed E-state index contributed by atoms with van der Waals surface area (Å²) in [6.07, 6.45) is 4.08. The summed E-state index contributed by atoms with van der Waals surface area (Å²) in [6.45, 7) is 0.703. The highest BCUT2D eigenvalue weighted by molar-refractivity contribution is 5.95. The predicted octanol–water partition coefficient (Wildman–Crippen LogP) is 2.01. The van der Waals surface area contributed by atoms with Crippen LogP contribution in [0.15, 0.2) is 18.2 Å². The average molecular weight is 292 g/mol. The Balaban J connectivity index is 2.05. The summed E-state index contributed by atoms with van der Waals surface area (Å²) >= 11 is 0. The van der Waals surface area contributed by atoms with Crippen LogP contribution in [0.4, 0.5) is 5.69 Å². The summed E-state index contributed by atoms with van der Waals surface area (Å²) in [5.41, 5.74) is 6.34. The molecule has 1 aliphatic rings. The second kappa shape index (κ2) is 6.58. The number of anilines is 1. The lowest BCUT2D eigenvalue weighted by Gasteiger charge is -2.26. The first-order valence-corrected chi connectivity index (χ1v) is 7.07. The lowest BCUT2D eigenvalue weighted by molar-refractivity contribution is 0.0696. The fourth-order valence-corrected chi connectivity index (χ4v) is 2.63. The van der Waals surface area contributed by atoms with E-state index in [0.717, 1.165) is 31.7 Å². The van der Waals surface area contributed by atoms with Crippen LogP contribution >= 0.6 is 0 Å². The normalized spacial score (nSPS) is 21.8. The highest BCUT2D eigenvalue weighted by Gasteiger charge is 2.18. The lowest BCUT2D eigenvalue weighted by Crippen LogP contribution is -2.29. The van der Waals surface area contributed by atoms with E-state index in [1.54, 1.807) is 0 Å². The van der Waals surface area contributed by atoms with Gasteiger partial charge in [0.15, 0.2) is 0 Å². The Morgan fingerprint density at radius 2 is 1.57 bits per heavy atom. The molecule has 0 radical (unpaired) electrons. The van der Waals surface area contributed by atoms with Gasteiger partial charge in [-0.05, 0) is 49.8 Å². The SMILES string of the molecule is NC1CCC(CNc2cc(C(=O)O)cc(C(=O)O)c2)CC1. The van der Waals surface area contributed by atoms with Gasteiger partial charge in [0.1, 0.15) is 0 Å². The number of carbonyl (C=O) groups is 2. The highest BCUT2D eigenvalue weighted by atomic mass is 16.4. The molecule has 0 aromatic heterocycles. The van der Waals surface area contributed by atoms with Crippen LogP contribution in [0.1, 0.15) is 46.4 Å². The molecule has 0 amide bonds. The maximum absolute atomic E-state index is 11.0. The molecule has 6 nitrogen and oxygen atoms in total. The van der Waals surface area contributed by atoms with E-state index in [1.165, 1.54) is 12.1 Å². The maximum atomic E-state index is 11.0. The van der Waals surface area contributed by atoms with E-state index in [0.29, 0.717) is 18.2 Å². The molecule has 0 heterocycles. The minimum Gasteiger partial charge on any atom is -0.478 e. The van der Waals surface area contributed by atoms with E-state index in [-0.39, 0.29) is 17.2 Å². The van der Waals surface area contributed by atoms with Gasteiger partial charge in [-0.3, -0.25) is 0 Å². The summed E-state index contributed by atoms with van der Waals surface area (Å²) in [7, 11) is 0. The van der Waals surface area contributed by atoms with Crippen LogP contribution in [-0.2, 0) is 0 Å². The predicted molar refractivity (Wildman–Crippen MR) is 78.8 cm³/mol. The number of rotatable bonds is 5. The zero-order chi connectivity index (χ0) is 15.4. The van der Waals surface area contributed by atoms with Crippen molar-refractivity contribution in [3.05, 3.63) is 29.3 Å². The van der Waals surface area contributed by atoms with Crippen LogP contribution in [0.5, 0.6) is 0 Å². The summed E-state index contributed by atoms with van der Waals surface area (Å²) in [4.78, 5) is 22.1. The van der Waals surface area contributed by atoms with Crippen LogP contribution in [0.3, 0.4) is 0 Å². The van der Waals surface area contributed by atoms with Crippen molar-refractivity contribution in [2.45, 2.75) is 31.7 Å². The van der Waals surface area contributed by atoms with Crippen LogP contribution < -0.4 is 11.1 Å². The van der Waals surface area contributed by atoms with Crippen molar-refractivity contribution in [2.24, 2.45) is 11.7 Å². The van der Waals surface area contributed by atoms with Gasteiger partial charge in [0.05, 0.1) is 11.1 Å². The maximum Gasteiger partial charge on any atom is 0.335 e. The Hall–Kier alpha value is -2.08. The fourth-order valence-electron chi connectivity index (χ4n) is 2.63. The molecule has 0 spiro atoms. The zero-order valence-electron chi connectivity index (χ0n) is 11.7. The molecule has 21 heavy (non-hydrogen) atoms. The smallest absolute Gasteiger partial charge is 0.335 e. The van der Waals surface area contributed by atoms with Crippen molar-refractivity contribution in [1.29, 1.82) is 0 Å². The number of benzene rings is 1. The van der Waals surface area contributed by atoms with Crippen molar-refractivity contribution in [2.75, 3.05) is 11.9 Å². The first-order chi connectivity index (χ1) is 9.95. The molecule has 0 saturated heterocycles. The van der Waals surface area contributed by atoms with Crippen molar-refractivity contribution < 1.29 is 19.8 Å². The minimum atomic E-state index is -1.13. The number of nitrogens with one attached hydrogen (secondary N) is 1. The van der Waals surface area contributed by atoms with E-state index < -0.39 is 11.9 Å². The van der Waals surface area contributed by atoms with Crippen molar-refractivity contribution in [3.8, 4) is 0 Å². The quantitative estimate of drug-likeness (QED) is 0.660. The Morgan fingerprint density at radius 3 is 2.05 bits per heavy atom. The molecule has 0 atom stereocenters. The molecule has 114 valence electrons. The van der Waals surface area contributed by atoms with Crippen LogP contribution in [0, 0.1) is 5.92 Å². The van der Waals surface area contributed by atoms with Gasteiger partial charge in [-0.2, -0.15) is 0 Å². The van der Waals surface area contributed by atoms with E-state index in [9.17, 15) is 9.59 Å². The highest BCUT2D eigenvalue weighted by Crippen LogP contribution is 2.24. The number of aromatic carboxylic acids is 2. The Bertz CT molecular complexity index is 504. The van der Waals surface area contributed by atoms with Crippen LogP contribution in [-0.4, -0.2) is 34.7 Å². The van der Waals surface area contributed by atoms with Crippen molar-refractivity contribution in [1.82, 2.24) is 0 Å². The van der Waals surface area contributed by atoms with Crippen LogP contribution in [0.25, 0.3) is 0 Å². The Kier molecular flexibility index (Phi) is 4.80. The molecule has 2 rings (SSSR count). The lowest BCUT2D eigenvalue weighted by atomic mass is 9.86. The third-order valence-electron chi connectivity index (χ3n) is 3.91. The van der Waals surface area contributed by atoms with Crippen molar-refractivity contribution in [3.63, 3.8) is 0 Å². The molecule has 1 aromatic carbocycles. The van der Waals surface area contributed by atoms with Crippen LogP contribution in [0.2, 0.25) is 0 Å². The van der Waals surface area contributed by atoms with Gasteiger partial charge in [0.25, 0.3) is 0 Å². The third-order valence-corrected chi connectivity index (χ3v) is 3.91. The number of carboxylic acids is 2. The zero-order valence-corrected chi connectivity index (χ0v) is 11.7. The molecule has 6 heteroatoms. The molecule has 1 aliphatic carbocycles. The first-order valence-electron chi connectivity index (χ1n) is 7.07. The second-order valence-electron chi connectivity index (χ2n) is 5.57. The molecule has 1 saturated carbocycles. The minimum absolute atomic E-state index is 0.0249. The molecular formula is C15H20N2O4. The van der Waals surface area contributed by atoms with E-state index >= 15 is 0 Å². The number of carboxylic acid groups (broad SMARTS) is 2. The summed E-state index contributed by atoms with van der Waals surface area (Å²) < 4.78 is 0. The molecule has 1 aromatic rings. The largest absolute Gasteiger partial charge is 0.478 e. The van der Waals surface area contributed by atoms with Gasteiger partial charge >= 0.3 is 11.9 Å². The Morgan fingerprint density at radius 1 is 1.05 bits per heavy atom. The summed E-state index contributed by atoms with van der Waals surface area (Å²) in [6, 6.07) is 4.37. The summed E-state index contributed by atoms with van der Waals surface area (Å²) in [5, 5.41) is 21.2. The second-order valence-corrected chi connectivity index (χ2v) is 5.57. The monoisotopic (exact) mass is 292 g/mol. The van der Waals surface area contributed by atoms with Gasteiger partial charge in [0, 0.05) is 18.3 Å².